The number of rotatable bonds is 2. The lowest BCUT2D eigenvalue weighted by atomic mass is 9.86. The van der Waals surface area contributed by atoms with Gasteiger partial charge in [0.05, 0.1) is 0 Å². The van der Waals surface area contributed by atoms with Crippen LogP contribution in [0.25, 0.3) is 0 Å². The quantitative estimate of drug-likeness (QED) is 0.896. The summed E-state index contributed by atoms with van der Waals surface area (Å²) in [5.74, 6) is 0.633. The molecule has 4 heteroatoms. The Morgan fingerprint density at radius 3 is 2.42 bits per heavy atom. The fourth-order valence-electron chi connectivity index (χ4n) is 2.28. The number of hydrogen-bond acceptors (Lipinski definition) is 2. The highest BCUT2D eigenvalue weighted by Gasteiger charge is 2.22. The van der Waals surface area contributed by atoms with Gasteiger partial charge in [0.15, 0.2) is 0 Å². The molecule has 19 heavy (non-hydrogen) atoms. The fourth-order valence-corrected chi connectivity index (χ4v) is 2.28. The minimum absolute atomic E-state index is 0. The zero-order chi connectivity index (χ0) is 13.2. The molecule has 1 aromatic rings. The third kappa shape index (κ3) is 4.36. The van der Waals surface area contributed by atoms with Crippen LogP contribution in [0.1, 0.15) is 39.2 Å². The van der Waals surface area contributed by atoms with Crippen molar-refractivity contribution in [2.45, 2.75) is 45.1 Å². The zero-order valence-corrected chi connectivity index (χ0v) is 12.6. The monoisotopic (exact) mass is 287 g/mol. The van der Waals surface area contributed by atoms with Crippen molar-refractivity contribution >= 4 is 12.4 Å². The third-order valence-corrected chi connectivity index (χ3v) is 3.33. The molecule has 1 heterocycles. The minimum Gasteiger partial charge on any atom is -0.490 e. The molecular weight excluding hydrogens is 265 g/mol. The highest BCUT2D eigenvalue weighted by molar-refractivity contribution is 5.85. The van der Waals surface area contributed by atoms with E-state index in [0.29, 0.717) is 0 Å². The number of piperidine rings is 1. The molecular formula is C15H23ClFNO. The van der Waals surface area contributed by atoms with Crippen LogP contribution in [0.3, 0.4) is 0 Å². The molecule has 0 spiro atoms. The standard InChI is InChI=1S/C15H22FNO.ClH/c1-15(2,3)13-10-11(16)4-5-14(13)18-12-6-8-17-9-7-12;/h4-5,10,12,17H,6-9H2,1-3H3;1H. The summed E-state index contributed by atoms with van der Waals surface area (Å²) in [6.45, 7) is 8.23. The van der Waals surface area contributed by atoms with Gasteiger partial charge in [-0.05, 0) is 49.5 Å². The van der Waals surface area contributed by atoms with Gasteiger partial charge in [-0.2, -0.15) is 0 Å². The van der Waals surface area contributed by atoms with Crippen LogP contribution in [-0.4, -0.2) is 19.2 Å². The molecule has 0 aliphatic carbocycles. The van der Waals surface area contributed by atoms with Crippen LogP contribution < -0.4 is 10.1 Å². The van der Waals surface area contributed by atoms with E-state index >= 15 is 0 Å². The molecule has 0 amide bonds. The first-order valence-corrected chi connectivity index (χ1v) is 6.64. The van der Waals surface area contributed by atoms with E-state index in [-0.39, 0.29) is 29.7 Å². The number of hydrogen-bond donors (Lipinski definition) is 1. The molecule has 0 unspecified atom stereocenters. The lowest BCUT2D eigenvalue weighted by Crippen LogP contribution is -2.34. The third-order valence-electron chi connectivity index (χ3n) is 3.33. The van der Waals surface area contributed by atoms with Gasteiger partial charge in [0, 0.05) is 5.56 Å². The molecule has 0 aromatic heterocycles. The first-order chi connectivity index (χ1) is 8.47. The molecule has 0 saturated carbocycles. The maximum Gasteiger partial charge on any atom is 0.123 e. The van der Waals surface area contributed by atoms with E-state index in [9.17, 15) is 4.39 Å². The van der Waals surface area contributed by atoms with Gasteiger partial charge in [0.1, 0.15) is 17.7 Å². The summed E-state index contributed by atoms with van der Waals surface area (Å²) in [5, 5.41) is 3.31. The second-order valence-electron chi connectivity index (χ2n) is 5.96. The van der Waals surface area contributed by atoms with Gasteiger partial charge in [0.2, 0.25) is 0 Å². The molecule has 1 aromatic carbocycles. The second-order valence-corrected chi connectivity index (χ2v) is 5.96. The van der Waals surface area contributed by atoms with Crippen molar-refractivity contribution in [3.05, 3.63) is 29.6 Å². The summed E-state index contributed by atoms with van der Waals surface area (Å²) >= 11 is 0. The van der Waals surface area contributed by atoms with E-state index in [0.717, 1.165) is 37.2 Å². The number of nitrogens with one attached hydrogen (secondary N) is 1. The van der Waals surface area contributed by atoms with Crippen LogP contribution in [0, 0.1) is 5.82 Å². The van der Waals surface area contributed by atoms with E-state index in [1.54, 1.807) is 12.1 Å². The van der Waals surface area contributed by atoms with E-state index < -0.39 is 0 Å². The molecule has 2 rings (SSSR count). The Balaban J connectivity index is 0.00000180. The molecule has 1 saturated heterocycles. The van der Waals surface area contributed by atoms with Crippen LogP contribution >= 0.6 is 12.4 Å². The number of halogens is 2. The van der Waals surface area contributed by atoms with Crippen molar-refractivity contribution in [2.75, 3.05) is 13.1 Å². The van der Waals surface area contributed by atoms with Crippen molar-refractivity contribution in [2.24, 2.45) is 0 Å². The molecule has 0 atom stereocenters. The van der Waals surface area contributed by atoms with Gasteiger partial charge < -0.3 is 10.1 Å². The maximum absolute atomic E-state index is 13.4. The molecule has 0 bridgehead atoms. The van der Waals surface area contributed by atoms with Crippen molar-refractivity contribution in [3.8, 4) is 5.75 Å². The molecule has 1 fully saturated rings. The lowest BCUT2D eigenvalue weighted by molar-refractivity contribution is 0.159. The Kier molecular flexibility index (Phi) is 5.63. The average Bonchev–Trinajstić information content (AvgIpc) is 2.31. The predicted octanol–water partition coefficient (Wildman–Crippen LogP) is 3.68. The highest BCUT2D eigenvalue weighted by atomic mass is 35.5. The topological polar surface area (TPSA) is 21.3 Å². The Labute approximate surface area is 121 Å². The van der Waals surface area contributed by atoms with Gasteiger partial charge in [-0.1, -0.05) is 20.8 Å². The largest absolute Gasteiger partial charge is 0.490 e. The van der Waals surface area contributed by atoms with E-state index in [1.807, 2.05) is 0 Å². The first kappa shape index (κ1) is 16.3. The Morgan fingerprint density at radius 2 is 1.84 bits per heavy atom. The molecule has 1 aliphatic heterocycles. The van der Waals surface area contributed by atoms with Crippen molar-refractivity contribution in [3.63, 3.8) is 0 Å². The van der Waals surface area contributed by atoms with Crippen LogP contribution in [-0.2, 0) is 5.41 Å². The predicted molar refractivity (Wildman–Crippen MR) is 78.9 cm³/mol. The number of ether oxygens (including phenoxy) is 1. The molecule has 0 radical (unpaired) electrons. The highest BCUT2D eigenvalue weighted by Crippen LogP contribution is 2.33. The number of benzene rings is 1. The van der Waals surface area contributed by atoms with Gasteiger partial charge in [-0.25, -0.2) is 4.39 Å². The summed E-state index contributed by atoms with van der Waals surface area (Å²) in [6, 6.07) is 4.83. The summed E-state index contributed by atoms with van der Waals surface area (Å²) in [4.78, 5) is 0. The average molecular weight is 288 g/mol. The normalized spacial score (nSPS) is 16.8. The first-order valence-electron chi connectivity index (χ1n) is 6.64. The summed E-state index contributed by atoms with van der Waals surface area (Å²) in [5.41, 5.74) is 0.839. The van der Waals surface area contributed by atoms with E-state index in [1.165, 1.54) is 6.07 Å². The Hall–Kier alpha value is -0.800. The van der Waals surface area contributed by atoms with Crippen LogP contribution in [0.2, 0.25) is 0 Å². The van der Waals surface area contributed by atoms with Gasteiger partial charge in [0.25, 0.3) is 0 Å². The lowest BCUT2D eigenvalue weighted by Gasteiger charge is -2.28. The van der Waals surface area contributed by atoms with Crippen molar-refractivity contribution in [1.29, 1.82) is 0 Å². The molecule has 1 N–H and O–H groups in total. The smallest absolute Gasteiger partial charge is 0.123 e. The SMILES string of the molecule is CC(C)(C)c1cc(F)ccc1OC1CCNCC1.Cl. The van der Waals surface area contributed by atoms with E-state index in [4.69, 9.17) is 4.74 Å². The van der Waals surface area contributed by atoms with E-state index in [2.05, 4.69) is 26.1 Å². The van der Waals surface area contributed by atoms with Crippen LogP contribution in [0.4, 0.5) is 4.39 Å². The minimum atomic E-state index is -0.197. The van der Waals surface area contributed by atoms with Crippen LogP contribution in [0.5, 0.6) is 5.75 Å². The van der Waals surface area contributed by atoms with Crippen molar-refractivity contribution in [1.82, 2.24) is 5.32 Å². The van der Waals surface area contributed by atoms with Crippen LogP contribution in [0.15, 0.2) is 18.2 Å². The Morgan fingerprint density at radius 1 is 1.21 bits per heavy atom. The molecule has 2 nitrogen and oxygen atoms in total. The second kappa shape index (κ2) is 6.58. The summed E-state index contributed by atoms with van der Waals surface area (Å²) in [6.07, 6.45) is 2.28. The van der Waals surface area contributed by atoms with Gasteiger partial charge >= 0.3 is 0 Å². The molecule has 108 valence electrons. The maximum atomic E-state index is 13.4. The zero-order valence-electron chi connectivity index (χ0n) is 11.8. The Bertz CT molecular complexity index is 411. The summed E-state index contributed by atoms with van der Waals surface area (Å²) in [7, 11) is 0. The molecule has 1 aliphatic rings. The van der Waals surface area contributed by atoms with Gasteiger partial charge in [-0.15, -0.1) is 12.4 Å². The van der Waals surface area contributed by atoms with Crippen molar-refractivity contribution < 1.29 is 9.13 Å². The fraction of sp³-hybridized carbons (Fsp3) is 0.600. The summed E-state index contributed by atoms with van der Waals surface area (Å²) < 4.78 is 19.5. The van der Waals surface area contributed by atoms with Gasteiger partial charge in [-0.3, -0.25) is 0 Å².